The summed E-state index contributed by atoms with van der Waals surface area (Å²) in [6.07, 6.45) is -4.70. The van der Waals surface area contributed by atoms with E-state index < -0.39 is 12.6 Å². The Kier molecular flexibility index (Phi) is 4.56. The van der Waals surface area contributed by atoms with Gasteiger partial charge >= 0.3 is 6.18 Å². The number of hydrogen-bond donors (Lipinski definition) is 0. The first kappa shape index (κ1) is 15.8. The summed E-state index contributed by atoms with van der Waals surface area (Å²) in [5.41, 5.74) is 0.808. The maximum atomic E-state index is 12.4. The average molecular weight is 361 g/mol. The molecule has 0 aromatic heterocycles. The molecular formula is C15H12BrF3O2. The molecule has 21 heavy (non-hydrogen) atoms. The lowest BCUT2D eigenvalue weighted by molar-refractivity contribution is -0.134. The second kappa shape index (κ2) is 6.05. The summed E-state index contributed by atoms with van der Waals surface area (Å²) in [5, 5.41) is 1.35. The predicted molar refractivity (Wildman–Crippen MR) is 78.0 cm³/mol. The van der Waals surface area contributed by atoms with Crippen molar-refractivity contribution in [3.8, 4) is 5.75 Å². The summed E-state index contributed by atoms with van der Waals surface area (Å²) in [5.74, 6) is 0.587. The van der Waals surface area contributed by atoms with Gasteiger partial charge in [-0.25, -0.2) is 0 Å². The van der Waals surface area contributed by atoms with Gasteiger partial charge in [0.15, 0.2) is 6.29 Å². The molecule has 0 saturated heterocycles. The van der Waals surface area contributed by atoms with Crippen LogP contribution in [0.3, 0.4) is 0 Å². The number of methoxy groups -OCH3 is 1. The lowest BCUT2D eigenvalue weighted by Gasteiger charge is -2.12. The fourth-order valence-electron chi connectivity index (χ4n) is 2.15. The minimum Gasteiger partial charge on any atom is -0.497 e. The number of carbonyl (C=O) groups excluding carboxylic acids is 1. The van der Waals surface area contributed by atoms with E-state index in [2.05, 4.69) is 15.9 Å². The van der Waals surface area contributed by atoms with Crippen molar-refractivity contribution in [3.63, 3.8) is 0 Å². The van der Waals surface area contributed by atoms with Crippen LogP contribution in [0.5, 0.6) is 5.75 Å². The molecule has 0 N–H and O–H groups in total. The van der Waals surface area contributed by atoms with Crippen LogP contribution in [0.25, 0.3) is 10.8 Å². The number of aldehydes is 1. The topological polar surface area (TPSA) is 26.3 Å². The van der Waals surface area contributed by atoms with Crippen molar-refractivity contribution in [1.29, 1.82) is 0 Å². The molecule has 0 saturated carbocycles. The van der Waals surface area contributed by atoms with Crippen LogP contribution in [0.15, 0.2) is 28.7 Å². The first-order valence-corrected chi connectivity index (χ1v) is 6.96. The number of halogens is 4. The maximum Gasteiger partial charge on any atom is 0.389 e. The van der Waals surface area contributed by atoms with E-state index >= 15 is 0 Å². The quantitative estimate of drug-likeness (QED) is 0.723. The van der Waals surface area contributed by atoms with E-state index in [1.807, 2.05) is 0 Å². The standard InChI is InChI=1S/C15H12BrF3O2/c1-21-11-2-3-12-10(7-11)6-9(4-5-15(17,18)19)14(16)13(12)8-20/h2-3,6-8H,4-5H2,1H3. The molecule has 0 bridgehead atoms. The lowest BCUT2D eigenvalue weighted by atomic mass is 9.98. The van der Waals surface area contributed by atoms with Crippen molar-refractivity contribution in [3.05, 3.63) is 39.9 Å². The Morgan fingerprint density at radius 3 is 2.57 bits per heavy atom. The minimum absolute atomic E-state index is 0.182. The molecule has 0 fully saturated rings. The highest BCUT2D eigenvalue weighted by molar-refractivity contribution is 9.10. The van der Waals surface area contributed by atoms with Crippen LogP contribution < -0.4 is 4.74 Å². The van der Waals surface area contributed by atoms with E-state index in [0.717, 1.165) is 0 Å². The molecule has 112 valence electrons. The molecule has 0 heterocycles. The second-order valence-electron chi connectivity index (χ2n) is 4.58. The normalized spacial score (nSPS) is 11.7. The Balaban J connectivity index is 2.55. The van der Waals surface area contributed by atoms with Crippen LogP contribution in [-0.4, -0.2) is 19.6 Å². The molecule has 2 rings (SSSR count). The molecule has 6 heteroatoms. The first-order chi connectivity index (χ1) is 9.85. The Bertz CT molecular complexity index is 681. The molecule has 0 amide bonds. The Hall–Kier alpha value is -1.56. The van der Waals surface area contributed by atoms with E-state index in [0.29, 0.717) is 38.4 Å². The van der Waals surface area contributed by atoms with E-state index in [4.69, 9.17) is 4.74 Å². The average Bonchev–Trinajstić information content (AvgIpc) is 2.43. The van der Waals surface area contributed by atoms with Crippen molar-refractivity contribution in [2.24, 2.45) is 0 Å². The van der Waals surface area contributed by atoms with Crippen LogP contribution in [0.4, 0.5) is 13.2 Å². The van der Waals surface area contributed by atoms with Crippen molar-refractivity contribution in [1.82, 2.24) is 0 Å². The van der Waals surface area contributed by atoms with Gasteiger partial charge in [-0.2, -0.15) is 13.2 Å². The molecule has 2 aromatic rings. The highest BCUT2D eigenvalue weighted by Gasteiger charge is 2.27. The maximum absolute atomic E-state index is 12.4. The number of carbonyl (C=O) groups is 1. The molecule has 2 aromatic carbocycles. The van der Waals surface area contributed by atoms with E-state index in [1.54, 1.807) is 24.3 Å². The zero-order valence-electron chi connectivity index (χ0n) is 11.1. The third kappa shape index (κ3) is 3.56. The summed E-state index contributed by atoms with van der Waals surface area (Å²) in [4.78, 5) is 11.3. The number of fused-ring (bicyclic) bond motifs is 1. The van der Waals surface area contributed by atoms with Crippen LogP contribution in [0.2, 0.25) is 0 Å². The third-order valence-electron chi connectivity index (χ3n) is 3.19. The van der Waals surface area contributed by atoms with Gasteiger partial charge in [-0.15, -0.1) is 0 Å². The summed E-state index contributed by atoms with van der Waals surface area (Å²) < 4.78 is 42.7. The highest BCUT2D eigenvalue weighted by Crippen LogP contribution is 2.33. The number of aryl methyl sites for hydroxylation is 1. The van der Waals surface area contributed by atoms with Gasteiger partial charge in [0.05, 0.1) is 7.11 Å². The molecule has 0 aliphatic heterocycles. The number of rotatable bonds is 4. The molecular weight excluding hydrogens is 349 g/mol. The van der Waals surface area contributed by atoms with Gasteiger partial charge < -0.3 is 4.74 Å². The van der Waals surface area contributed by atoms with Crippen LogP contribution in [0.1, 0.15) is 22.3 Å². The molecule has 0 atom stereocenters. The third-order valence-corrected chi connectivity index (χ3v) is 4.13. The second-order valence-corrected chi connectivity index (χ2v) is 5.38. The Labute approximate surface area is 128 Å². The van der Waals surface area contributed by atoms with Crippen molar-refractivity contribution < 1.29 is 22.7 Å². The van der Waals surface area contributed by atoms with Crippen molar-refractivity contribution in [2.75, 3.05) is 7.11 Å². The number of hydrogen-bond acceptors (Lipinski definition) is 2. The van der Waals surface area contributed by atoms with Crippen LogP contribution in [0, 0.1) is 0 Å². The van der Waals surface area contributed by atoms with E-state index in [9.17, 15) is 18.0 Å². The number of benzene rings is 2. The predicted octanol–water partition coefficient (Wildman–Crippen LogP) is 4.92. The number of ether oxygens (including phenoxy) is 1. The monoisotopic (exact) mass is 360 g/mol. The molecule has 0 aliphatic carbocycles. The summed E-state index contributed by atoms with van der Waals surface area (Å²) in [6, 6.07) is 6.78. The zero-order chi connectivity index (χ0) is 15.6. The number of alkyl halides is 3. The first-order valence-electron chi connectivity index (χ1n) is 6.17. The SMILES string of the molecule is COc1ccc2c(C=O)c(Br)c(CCC(F)(F)F)cc2c1. The zero-order valence-corrected chi connectivity index (χ0v) is 12.7. The molecule has 0 spiro atoms. The highest BCUT2D eigenvalue weighted by atomic mass is 79.9. The smallest absolute Gasteiger partial charge is 0.389 e. The lowest BCUT2D eigenvalue weighted by Crippen LogP contribution is -2.09. The van der Waals surface area contributed by atoms with Crippen molar-refractivity contribution >= 4 is 33.0 Å². The van der Waals surface area contributed by atoms with Gasteiger partial charge in [0.1, 0.15) is 5.75 Å². The van der Waals surface area contributed by atoms with Gasteiger partial charge in [0.2, 0.25) is 0 Å². The minimum atomic E-state index is -4.23. The van der Waals surface area contributed by atoms with Gasteiger partial charge in [0.25, 0.3) is 0 Å². The van der Waals surface area contributed by atoms with Gasteiger partial charge in [-0.1, -0.05) is 0 Å². The fourth-order valence-corrected chi connectivity index (χ4v) is 2.77. The molecule has 0 aliphatic rings. The van der Waals surface area contributed by atoms with Crippen molar-refractivity contribution in [2.45, 2.75) is 19.0 Å². The van der Waals surface area contributed by atoms with Gasteiger partial charge in [-0.3, -0.25) is 4.79 Å². The molecule has 0 radical (unpaired) electrons. The summed E-state index contributed by atoms with van der Waals surface area (Å²) in [6.45, 7) is 0. The van der Waals surface area contributed by atoms with Gasteiger partial charge in [-0.05, 0) is 63.0 Å². The van der Waals surface area contributed by atoms with E-state index in [-0.39, 0.29) is 6.42 Å². The van der Waals surface area contributed by atoms with Crippen LogP contribution in [-0.2, 0) is 6.42 Å². The molecule has 2 nitrogen and oxygen atoms in total. The Morgan fingerprint density at radius 1 is 1.29 bits per heavy atom. The largest absolute Gasteiger partial charge is 0.497 e. The summed E-state index contributed by atoms with van der Waals surface area (Å²) in [7, 11) is 1.51. The summed E-state index contributed by atoms with van der Waals surface area (Å²) >= 11 is 3.24. The van der Waals surface area contributed by atoms with E-state index in [1.165, 1.54) is 7.11 Å². The van der Waals surface area contributed by atoms with Crippen LogP contribution >= 0.6 is 15.9 Å². The fraction of sp³-hybridized carbons (Fsp3) is 0.267. The molecule has 0 unspecified atom stereocenters. The Morgan fingerprint density at radius 2 is 2.00 bits per heavy atom. The van der Waals surface area contributed by atoms with Gasteiger partial charge in [0, 0.05) is 16.5 Å².